The van der Waals surface area contributed by atoms with Crippen LogP contribution < -0.4 is 5.73 Å². The van der Waals surface area contributed by atoms with Gasteiger partial charge in [-0.15, -0.1) is 0 Å². The molecule has 2 rings (SSSR count). The van der Waals surface area contributed by atoms with Gasteiger partial charge in [0.15, 0.2) is 0 Å². The van der Waals surface area contributed by atoms with Gasteiger partial charge < -0.3 is 10.6 Å². The normalized spacial score (nSPS) is 23.5. The number of hydrogen-bond acceptors (Lipinski definition) is 2. The zero-order valence-corrected chi connectivity index (χ0v) is 10.9. The van der Waals surface area contributed by atoms with Crippen LogP contribution in [0.4, 0.5) is 8.78 Å². The fourth-order valence-electron chi connectivity index (χ4n) is 2.57. The van der Waals surface area contributed by atoms with Gasteiger partial charge in [-0.05, 0) is 24.5 Å². The molecule has 1 saturated heterocycles. The minimum Gasteiger partial charge on any atom is -0.341 e. The van der Waals surface area contributed by atoms with Crippen molar-refractivity contribution in [1.29, 1.82) is 0 Å². The molecule has 0 spiro atoms. The minimum atomic E-state index is -0.678. The van der Waals surface area contributed by atoms with Crippen LogP contribution in [0.3, 0.4) is 0 Å². The van der Waals surface area contributed by atoms with Crippen molar-refractivity contribution in [2.24, 2.45) is 11.7 Å². The highest BCUT2D eigenvalue weighted by atomic mass is 19.1. The van der Waals surface area contributed by atoms with Gasteiger partial charge in [0.25, 0.3) is 0 Å². The van der Waals surface area contributed by atoms with Crippen molar-refractivity contribution in [2.75, 3.05) is 13.1 Å². The highest BCUT2D eigenvalue weighted by molar-refractivity contribution is 5.79. The molecule has 1 fully saturated rings. The lowest BCUT2D eigenvalue weighted by Gasteiger charge is -2.34. The predicted octanol–water partition coefficient (Wildman–Crippen LogP) is 1.70. The quantitative estimate of drug-likeness (QED) is 0.887. The number of benzene rings is 1. The van der Waals surface area contributed by atoms with Gasteiger partial charge in [-0.1, -0.05) is 13.0 Å². The van der Waals surface area contributed by atoms with E-state index in [2.05, 4.69) is 0 Å². The van der Waals surface area contributed by atoms with Gasteiger partial charge in [0.05, 0.1) is 6.42 Å². The second-order valence-electron chi connectivity index (χ2n) is 5.28. The Kier molecular flexibility index (Phi) is 4.14. The molecule has 0 bridgehead atoms. The van der Waals surface area contributed by atoms with Gasteiger partial charge in [-0.2, -0.15) is 0 Å². The maximum atomic E-state index is 13.5. The van der Waals surface area contributed by atoms with E-state index < -0.39 is 11.6 Å². The standard InChI is InChI=1S/C14H18F2N2O/c1-9-5-10(17)8-18(7-9)14(19)6-11-12(15)3-2-4-13(11)16/h2-4,9-10H,5-8,17H2,1H3. The van der Waals surface area contributed by atoms with E-state index in [1.165, 1.54) is 6.07 Å². The van der Waals surface area contributed by atoms with E-state index in [9.17, 15) is 13.6 Å². The first-order valence-corrected chi connectivity index (χ1v) is 6.43. The highest BCUT2D eigenvalue weighted by Crippen LogP contribution is 2.18. The number of likely N-dealkylation sites (tertiary alicyclic amines) is 1. The van der Waals surface area contributed by atoms with Gasteiger partial charge in [-0.25, -0.2) is 8.78 Å². The first kappa shape index (κ1) is 13.9. The number of amides is 1. The molecule has 2 N–H and O–H groups in total. The summed E-state index contributed by atoms with van der Waals surface area (Å²) in [7, 11) is 0. The summed E-state index contributed by atoms with van der Waals surface area (Å²) in [6, 6.07) is 3.56. The largest absolute Gasteiger partial charge is 0.341 e. The van der Waals surface area contributed by atoms with E-state index in [0.29, 0.717) is 19.0 Å². The Hall–Kier alpha value is -1.49. The van der Waals surface area contributed by atoms with E-state index in [0.717, 1.165) is 18.6 Å². The second kappa shape index (κ2) is 5.65. The maximum Gasteiger partial charge on any atom is 0.227 e. The first-order valence-electron chi connectivity index (χ1n) is 6.43. The highest BCUT2D eigenvalue weighted by Gasteiger charge is 2.26. The van der Waals surface area contributed by atoms with Crippen molar-refractivity contribution >= 4 is 5.91 Å². The fraction of sp³-hybridized carbons (Fsp3) is 0.500. The molecule has 1 aromatic rings. The second-order valence-corrected chi connectivity index (χ2v) is 5.28. The maximum absolute atomic E-state index is 13.5. The Morgan fingerprint density at radius 3 is 2.58 bits per heavy atom. The molecule has 2 atom stereocenters. The number of halogens is 2. The number of rotatable bonds is 2. The lowest BCUT2D eigenvalue weighted by molar-refractivity contribution is -0.132. The van der Waals surface area contributed by atoms with Gasteiger partial charge in [0.1, 0.15) is 11.6 Å². The summed E-state index contributed by atoms with van der Waals surface area (Å²) in [5.74, 6) is -1.31. The summed E-state index contributed by atoms with van der Waals surface area (Å²) >= 11 is 0. The Morgan fingerprint density at radius 1 is 1.37 bits per heavy atom. The number of carbonyl (C=O) groups is 1. The number of piperidine rings is 1. The average Bonchev–Trinajstić information content (AvgIpc) is 2.32. The summed E-state index contributed by atoms with van der Waals surface area (Å²) in [5, 5.41) is 0. The van der Waals surface area contributed by atoms with E-state index in [4.69, 9.17) is 5.73 Å². The number of nitrogens with two attached hydrogens (primary N) is 1. The van der Waals surface area contributed by atoms with Crippen LogP contribution in [0.1, 0.15) is 18.9 Å². The molecule has 1 heterocycles. The van der Waals surface area contributed by atoms with E-state index in [-0.39, 0.29) is 23.9 Å². The summed E-state index contributed by atoms with van der Waals surface area (Å²) in [4.78, 5) is 13.7. The Bertz CT molecular complexity index is 448. The number of hydrogen-bond donors (Lipinski definition) is 1. The van der Waals surface area contributed by atoms with E-state index >= 15 is 0 Å². The molecular formula is C14H18F2N2O. The van der Waals surface area contributed by atoms with Crippen LogP contribution in [-0.4, -0.2) is 29.9 Å². The first-order chi connectivity index (χ1) is 8.97. The van der Waals surface area contributed by atoms with Crippen LogP contribution >= 0.6 is 0 Å². The molecule has 0 aromatic heterocycles. The van der Waals surface area contributed by atoms with Crippen LogP contribution in [0.2, 0.25) is 0 Å². The molecule has 104 valence electrons. The minimum absolute atomic E-state index is 0.0573. The molecule has 0 saturated carbocycles. The SMILES string of the molecule is CC1CC(N)CN(C(=O)Cc2c(F)cccc2F)C1. The van der Waals surface area contributed by atoms with Crippen LogP contribution in [0.15, 0.2) is 18.2 Å². The van der Waals surface area contributed by atoms with Crippen molar-refractivity contribution in [3.8, 4) is 0 Å². The van der Waals surface area contributed by atoms with Gasteiger partial charge in [-0.3, -0.25) is 4.79 Å². The van der Waals surface area contributed by atoms with Crippen LogP contribution in [0.25, 0.3) is 0 Å². The van der Waals surface area contributed by atoms with Crippen molar-refractivity contribution in [3.63, 3.8) is 0 Å². The summed E-state index contributed by atoms with van der Waals surface area (Å²) in [6.07, 6.45) is 0.621. The Morgan fingerprint density at radius 2 is 2.00 bits per heavy atom. The zero-order chi connectivity index (χ0) is 14.0. The molecule has 2 unspecified atom stereocenters. The number of carbonyl (C=O) groups excluding carboxylic acids is 1. The Labute approximate surface area is 111 Å². The average molecular weight is 268 g/mol. The topological polar surface area (TPSA) is 46.3 Å². The van der Waals surface area contributed by atoms with Crippen LogP contribution in [0, 0.1) is 17.6 Å². The van der Waals surface area contributed by atoms with Crippen molar-refractivity contribution < 1.29 is 13.6 Å². The van der Waals surface area contributed by atoms with Crippen LogP contribution in [-0.2, 0) is 11.2 Å². The third-order valence-corrected chi connectivity index (χ3v) is 3.43. The monoisotopic (exact) mass is 268 g/mol. The number of nitrogens with zero attached hydrogens (tertiary/aromatic N) is 1. The van der Waals surface area contributed by atoms with E-state index in [1.807, 2.05) is 6.92 Å². The van der Waals surface area contributed by atoms with Crippen molar-refractivity contribution in [3.05, 3.63) is 35.4 Å². The van der Waals surface area contributed by atoms with Crippen molar-refractivity contribution in [1.82, 2.24) is 4.90 Å². The van der Waals surface area contributed by atoms with Gasteiger partial charge in [0.2, 0.25) is 5.91 Å². The van der Waals surface area contributed by atoms with Crippen molar-refractivity contribution in [2.45, 2.75) is 25.8 Å². The smallest absolute Gasteiger partial charge is 0.227 e. The van der Waals surface area contributed by atoms with Gasteiger partial charge >= 0.3 is 0 Å². The summed E-state index contributed by atoms with van der Waals surface area (Å²) in [5.41, 5.74) is 5.70. The molecule has 0 aliphatic carbocycles. The summed E-state index contributed by atoms with van der Waals surface area (Å²) < 4.78 is 27.0. The van der Waals surface area contributed by atoms with Crippen LogP contribution in [0.5, 0.6) is 0 Å². The third-order valence-electron chi connectivity index (χ3n) is 3.43. The molecule has 19 heavy (non-hydrogen) atoms. The lowest BCUT2D eigenvalue weighted by Crippen LogP contribution is -2.49. The molecule has 3 nitrogen and oxygen atoms in total. The molecule has 1 aliphatic rings. The zero-order valence-electron chi connectivity index (χ0n) is 10.9. The molecule has 1 aliphatic heterocycles. The molecule has 5 heteroatoms. The fourth-order valence-corrected chi connectivity index (χ4v) is 2.57. The predicted molar refractivity (Wildman–Crippen MR) is 68.4 cm³/mol. The molecule has 1 amide bonds. The Balaban J connectivity index is 2.08. The molecule has 0 radical (unpaired) electrons. The lowest BCUT2D eigenvalue weighted by atomic mass is 9.96. The molecule has 1 aromatic carbocycles. The van der Waals surface area contributed by atoms with Gasteiger partial charge in [0, 0.05) is 24.7 Å². The van der Waals surface area contributed by atoms with E-state index in [1.54, 1.807) is 4.90 Å². The third kappa shape index (κ3) is 3.29. The summed E-state index contributed by atoms with van der Waals surface area (Å²) in [6.45, 7) is 3.07. The molecular weight excluding hydrogens is 250 g/mol.